The first-order valence-corrected chi connectivity index (χ1v) is 10.5. The Balaban J connectivity index is 3.86. The van der Waals surface area contributed by atoms with Gasteiger partial charge in [-0.25, -0.2) is 0 Å². The van der Waals surface area contributed by atoms with Crippen molar-refractivity contribution in [3.63, 3.8) is 0 Å². The summed E-state index contributed by atoms with van der Waals surface area (Å²) in [4.78, 5) is 2.20. The van der Waals surface area contributed by atoms with Crippen LogP contribution in [0.5, 0.6) is 0 Å². The third kappa shape index (κ3) is 15.9. The van der Waals surface area contributed by atoms with E-state index in [1.807, 2.05) is 0 Å². The molecule has 7 heteroatoms. The van der Waals surface area contributed by atoms with E-state index in [2.05, 4.69) is 29.4 Å². The number of unbranched alkanes of at least 4 members (excludes halogenated alkanes) is 1. The monoisotopic (exact) mass is 375 g/mol. The molecule has 0 rings (SSSR count). The highest BCUT2D eigenvalue weighted by Crippen LogP contribution is 2.12. The van der Waals surface area contributed by atoms with Crippen molar-refractivity contribution in [1.82, 2.24) is 15.5 Å². The van der Waals surface area contributed by atoms with Gasteiger partial charge in [-0.15, -0.1) is 0 Å². The van der Waals surface area contributed by atoms with E-state index in [4.69, 9.17) is 16.2 Å². The second-order valence-corrected chi connectivity index (χ2v) is 6.99. The number of hydrogen-bond acceptors (Lipinski definition) is 7. The molecule has 0 aliphatic rings. The van der Waals surface area contributed by atoms with Crippen molar-refractivity contribution in [2.75, 3.05) is 72.1 Å². The van der Waals surface area contributed by atoms with Crippen LogP contribution in [0.1, 0.15) is 39.5 Å². The van der Waals surface area contributed by atoms with Gasteiger partial charge in [-0.3, -0.25) is 4.90 Å². The van der Waals surface area contributed by atoms with Gasteiger partial charge in [0.05, 0.1) is 12.7 Å². The summed E-state index contributed by atoms with van der Waals surface area (Å²) in [7, 11) is 0. The lowest BCUT2D eigenvalue weighted by Crippen LogP contribution is -2.42. The average Bonchev–Trinajstić information content (AvgIpc) is 2.63. The molecule has 7 nitrogen and oxygen atoms in total. The van der Waals surface area contributed by atoms with Crippen molar-refractivity contribution in [2.45, 2.75) is 45.6 Å². The third-order valence-corrected chi connectivity index (χ3v) is 4.53. The van der Waals surface area contributed by atoms with Crippen LogP contribution in [0, 0.1) is 5.92 Å². The standard InChI is InChI=1S/C19H45N5O2/c1-3-5-6-18(4-2)16-26-17-19(25)15-24(13-8-21)14-12-23-11-10-22-9-7-20/h18-19,22-23,25H,3-17,20-21H2,1-2H3. The number of aliphatic hydroxyl groups is 1. The van der Waals surface area contributed by atoms with Crippen LogP contribution in [-0.2, 0) is 4.74 Å². The predicted octanol–water partition coefficient (Wildman–Crippen LogP) is -0.0211. The normalized spacial score (nSPS) is 14.1. The Hall–Kier alpha value is -0.280. The molecule has 0 bridgehead atoms. The number of nitrogens with two attached hydrogens (primary N) is 2. The summed E-state index contributed by atoms with van der Waals surface area (Å²) in [6, 6.07) is 0. The van der Waals surface area contributed by atoms with Crippen LogP contribution in [0.2, 0.25) is 0 Å². The molecule has 0 radical (unpaired) electrons. The van der Waals surface area contributed by atoms with Gasteiger partial charge >= 0.3 is 0 Å². The van der Waals surface area contributed by atoms with Crippen molar-refractivity contribution < 1.29 is 9.84 Å². The van der Waals surface area contributed by atoms with E-state index in [9.17, 15) is 5.11 Å². The quantitative estimate of drug-likeness (QED) is 0.190. The minimum atomic E-state index is -0.462. The first-order valence-electron chi connectivity index (χ1n) is 10.5. The molecule has 0 amide bonds. The second kappa shape index (κ2) is 19.5. The summed E-state index contributed by atoms with van der Waals surface area (Å²) in [6.07, 6.45) is 4.37. The molecule has 2 atom stereocenters. The molecule has 0 spiro atoms. The van der Waals surface area contributed by atoms with Gasteiger partial charge < -0.3 is 31.9 Å². The van der Waals surface area contributed by atoms with E-state index >= 15 is 0 Å². The molecule has 158 valence electrons. The Bertz CT molecular complexity index is 285. The van der Waals surface area contributed by atoms with Gasteiger partial charge in [-0.1, -0.05) is 33.1 Å². The van der Waals surface area contributed by atoms with Crippen molar-refractivity contribution in [2.24, 2.45) is 17.4 Å². The molecule has 7 N–H and O–H groups in total. The highest BCUT2D eigenvalue weighted by atomic mass is 16.5. The SMILES string of the molecule is CCCCC(CC)COCC(O)CN(CCN)CCNCCNCCN. The highest BCUT2D eigenvalue weighted by Gasteiger charge is 2.13. The number of aliphatic hydroxyl groups excluding tert-OH is 1. The lowest BCUT2D eigenvalue weighted by atomic mass is 10.0. The fourth-order valence-electron chi connectivity index (χ4n) is 2.86. The van der Waals surface area contributed by atoms with E-state index < -0.39 is 6.10 Å². The molecule has 0 aromatic carbocycles. The molecular weight excluding hydrogens is 330 g/mol. The summed E-state index contributed by atoms with van der Waals surface area (Å²) in [6.45, 7) is 12.7. The molecule has 26 heavy (non-hydrogen) atoms. The van der Waals surface area contributed by atoms with E-state index in [1.165, 1.54) is 19.3 Å². The van der Waals surface area contributed by atoms with Crippen molar-refractivity contribution >= 4 is 0 Å². The van der Waals surface area contributed by atoms with Crippen molar-refractivity contribution in [1.29, 1.82) is 0 Å². The van der Waals surface area contributed by atoms with Crippen LogP contribution >= 0.6 is 0 Å². The fraction of sp³-hybridized carbons (Fsp3) is 1.00. The molecule has 0 heterocycles. The van der Waals surface area contributed by atoms with Gasteiger partial charge in [-0.05, 0) is 12.3 Å². The summed E-state index contributed by atoms with van der Waals surface area (Å²) in [5.74, 6) is 0.611. The molecular formula is C19H45N5O2. The predicted molar refractivity (Wildman–Crippen MR) is 110 cm³/mol. The smallest absolute Gasteiger partial charge is 0.0900 e. The number of ether oxygens (including phenoxy) is 1. The zero-order valence-corrected chi connectivity index (χ0v) is 17.2. The van der Waals surface area contributed by atoms with E-state index in [1.54, 1.807) is 0 Å². The molecule has 0 aliphatic carbocycles. The van der Waals surface area contributed by atoms with Crippen LogP contribution < -0.4 is 22.1 Å². The maximum absolute atomic E-state index is 10.3. The lowest BCUT2D eigenvalue weighted by Gasteiger charge is -2.25. The van der Waals surface area contributed by atoms with E-state index in [0.29, 0.717) is 32.2 Å². The van der Waals surface area contributed by atoms with Crippen molar-refractivity contribution in [3.05, 3.63) is 0 Å². The fourth-order valence-corrected chi connectivity index (χ4v) is 2.86. The van der Waals surface area contributed by atoms with Gasteiger partial charge in [0, 0.05) is 65.5 Å². The van der Waals surface area contributed by atoms with E-state index in [-0.39, 0.29) is 0 Å². The molecule has 0 aliphatic heterocycles. The Morgan fingerprint density at radius 2 is 1.69 bits per heavy atom. The first kappa shape index (κ1) is 25.7. The third-order valence-electron chi connectivity index (χ3n) is 4.53. The van der Waals surface area contributed by atoms with Gasteiger partial charge in [-0.2, -0.15) is 0 Å². The van der Waals surface area contributed by atoms with Gasteiger partial charge in [0.2, 0.25) is 0 Å². The van der Waals surface area contributed by atoms with Gasteiger partial charge in [0.15, 0.2) is 0 Å². The van der Waals surface area contributed by atoms with Crippen LogP contribution in [-0.4, -0.2) is 88.2 Å². The van der Waals surface area contributed by atoms with Gasteiger partial charge in [0.1, 0.15) is 0 Å². The molecule has 0 fully saturated rings. The lowest BCUT2D eigenvalue weighted by molar-refractivity contribution is 0.00348. The summed E-state index contributed by atoms with van der Waals surface area (Å²) >= 11 is 0. The Morgan fingerprint density at radius 1 is 0.962 bits per heavy atom. The number of rotatable bonds is 20. The molecule has 0 aromatic rings. The Morgan fingerprint density at radius 3 is 2.31 bits per heavy atom. The van der Waals surface area contributed by atoms with Crippen molar-refractivity contribution in [3.8, 4) is 0 Å². The summed E-state index contributed by atoms with van der Waals surface area (Å²) in [5.41, 5.74) is 11.1. The maximum atomic E-state index is 10.3. The number of hydrogen-bond donors (Lipinski definition) is 5. The minimum absolute atomic E-state index is 0.403. The molecule has 0 aromatic heterocycles. The largest absolute Gasteiger partial charge is 0.389 e. The highest BCUT2D eigenvalue weighted by molar-refractivity contribution is 4.67. The van der Waals surface area contributed by atoms with Crippen LogP contribution in [0.4, 0.5) is 0 Å². The average molecular weight is 376 g/mol. The Labute approximate surface area is 161 Å². The zero-order valence-electron chi connectivity index (χ0n) is 17.2. The molecule has 0 saturated heterocycles. The second-order valence-electron chi connectivity index (χ2n) is 6.99. The zero-order chi connectivity index (χ0) is 19.5. The number of nitrogens with zero attached hydrogens (tertiary/aromatic N) is 1. The van der Waals surface area contributed by atoms with Crippen LogP contribution in [0.3, 0.4) is 0 Å². The van der Waals surface area contributed by atoms with E-state index in [0.717, 1.165) is 52.3 Å². The van der Waals surface area contributed by atoms with Crippen LogP contribution in [0.25, 0.3) is 0 Å². The van der Waals surface area contributed by atoms with Crippen LogP contribution in [0.15, 0.2) is 0 Å². The summed E-state index contributed by atoms with van der Waals surface area (Å²) in [5, 5.41) is 16.9. The topological polar surface area (TPSA) is 109 Å². The minimum Gasteiger partial charge on any atom is -0.389 e. The number of nitrogens with one attached hydrogen (secondary N) is 2. The molecule has 0 saturated carbocycles. The first-order chi connectivity index (χ1) is 12.7. The van der Waals surface area contributed by atoms with Gasteiger partial charge in [0.25, 0.3) is 0 Å². The summed E-state index contributed by atoms with van der Waals surface area (Å²) < 4.78 is 5.76. The Kier molecular flexibility index (Phi) is 19.3. The molecule has 2 unspecified atom stereocenters. The maximum Gasteiger partial charge on any atom is 0.0900 e.